The Morgan fingerprint density at radius 3 is 1.71 bits per heavy atom. The summed E-state index contributed by atoms with van der Waals surface area (Å²) in [6.07, 6.45) is 1.76. The minimum absolute atomic E-state index is 0.842. The summed E-state index contributed by atoms with van der Waals surface area (Å²) in [6, 6.07) is -1.68. The van der Waals surface area contributed by atoms with E-state index in [0.717, 1.165) is 0 Å². The van der Waals surface area contributed by atoms with E-state index in [1.807, 2.05) is 0 Å². The lowest BCUT2D eigenvalue weighted by Crippen LogP contribution is -2.09. The van der Waals surface area contributed by atoms with E-state index in [1.54, 1.807) is 6.33 Å². The number of hydrogen-bond acceptors (Lipinski definition) is 5. The van der Waals surface area contributed by atoms with Gasteiger partial charge < -0.3 is 9.47 Å². The molecule has 0 saturated heterocycles. The topological polar surface area (TPSA) is 57.1 Å². The maximum absolute atomic E-state index is 11.6. The van der Waals surface area contributed by atoms with Crippen LogP contribution in [-0.2, 0) is 0 Å². The Morgan fingerprint density at radius 2 is 1.36 bits per heavy atom. The Bertz CT molecular complexity index is 273. The molecule has 0 fully saturated rings. The van der Waals surface area contributed by atoms with Crippen molar-refractivity contribution in [2.24, 2.45) is 0 Å². The zero-order chi connectivity index (χ0) is 10.6. The second kappa shape index (κ2) is 4.53. The fourth-order valence-electron chi connectivity index (χ4n) is 0.507. The highest BCUT2D eigenvalue weighted by Gasteiger charge is 2.12. The van der Waals surface area contributed by atoms with E-state index in [2.05, 4.69) is 24.4 Å². The van der Waals surface area contributed by atoms with Crippen molar-refractivity contribution in [3.05, 3.63) is 6.33 Å². The molecule has 0 aliphatic rings. The Kier molecular flexibility index (Phi) is 3.37. The average Bonchev–Trinajstić information content (AvgIpc) is 2.01. The number of halogens is 4. The van der Waals surface area contributed by atoms with Gasteiger partial charge in [0.25, 0.3) is 0 Å². The molecule has 9 heteroatoms. The highest BCUT2D eigenvalue weighted by Crippen LogP contribution is 2.10. The molecule has 1 aromatic heterocycles. The summed E-state index contributed by atoms with van der Waals surface area (Å²) in [5.74, 6) is 0. The van der Waals surface area contributed by atoms with Crippen molar-refractivity contribution >= 4 is 0 Å². The van der Waals surface area contributed by atoms with Crippen LogP contribution in [0.3, 0.4) is 0 Å². The van der Waals surface area contributed by atoms with Crippen molar-refractivity contribution in [2.75, 3.05) is 0 Å². The molecule has 1 heterocycles. The minimum Gasteiger partial charge on any atom is -0.401 e. The molecule has 1 radical (unpaired) electrons. The van der Waals surface area contributed by atoms with Crippen LogP contribution in [0, 0.1) is 6.33 Å². The standard InChI is InChI=1S/C5H2F4N3O2/c6-2(7)13-4-10-1-11-5(12-4)14-3(8)9/h2-3H. The van der Waals surface area contributed by atoms with Crippen LogP contribution in [-0.4, -0.2) is 28.2 Å². The van der Waals surface area contributed by atoms with E-state index in [1.165, 1.54) is 0 Å². The Morgan fingerprint density at radius 1 is 0.929 bits per heavy atom. The molecule has 0 N–H and O–H groups in total. The number of alkyl halides is 4. The normalized spacial score (nSPS) is 10.7. The molecule has 0 spiro atoms. The van der Waals surface area contributed by atoms with Gasteiger partial charge in [0.15, 0.2) is 0 Å². The molecule has 1 aromatic rings. The third-order valence-corrected chi connectivity index (χ3v) is 0.872. The maximum Gasteiger partial charge on any atom is 0.389 e. The van der Waals surface area contributed by atoms with E-state index in [0.29, 0.717) is 0 Å². The van der Waals surface area contributed by atoms with Gasteiger partial charge in [-0.1, -0.05) is 0 Å². The van der Waals surface area contributed by atoms with Crippen LogP contribution in [0.4, 0.5) is 17.6 Å². The second-order valence-electron chi connectivity index (χ2n) is 1.76. The molecular weight excluding hydrogens is 210 g/mol. The molecular formula is C5H2F4N3O2. The largest absolute Gasteiger partial charge is 0.401 e. The predicted octanol–water partition coefficient (Wildman–Crippen LogP) is 0.875. The Hall–Kier alpha value is -1.67. The van der Waals surface area contributed by atoms with Gasteiger partial charge in [-0.05, 0) is 0 Å². The molecule has 0 saturated carbocycles. The average molecular weight is 212 g/mol. The van der Waals surface area contributed by atoms with Crippen LogP contribution in [0.2, 0.25) is 0 Å². The fraction of sp³-hybridized carbons (Fsp3) is 0.400. The Balaban J connectivity index is 2.68. The predicted molar refractivity (Wildman–Crippen MR) is 31.9 cm³/mol. The molecule has 14 heavy (non-hydrogen) atoms. The summed E-state index contributed by atoms with van der Waals surface area (Å²) in [5, 5.41) is 0. The summed E-state index contributed by atoms with van der Waals surface area (Å²) in [4.78, 5) is 9.02. The highest BCUT2D eigenvalue weighted by atomic mass is 19.3. The first-order valence-corrected chi connectivity index (χ1v) is 3.09. The lowest BCUT2D eigenvalue weighted by molar-refractivity contribution is -0.0647. The molecule has 0 atom stereocenters. The lowest BCUT2D eigenvalue weighted by Gasteiger charge is -2.03. The van der Waals surface area contributed by atoms with Gasteiger partial charge >= 0.3 is 25.2 Å². The van der Waals surface area contributed by atoms with Crippen molar-refractivity contribution in [3.8, 4) is 12.0 Å². The molecule has 0 amide bonds. The molecule has 1 rings (SSSR count). The van der Waals surface area contributed by atoms with Crippen LogP contribution in [0.1, 0.15) is 0 Å². The molecule has 0 bridgehead atoms. The lowest BCUT2D eigenvalue weighted by atomic mass is 10.9. The first kappa shape index (κ1) is 10.4. The van der Waals surface area contributed by atoms with E-state index in [9.17, 15) is 17.6 Å². The van der Waals surface area contributed by atoms with Gasteiger partial charge in [-0.15, -0.1) is 4.98 Å². The molecule has 77 valence electrons. The van der Waals surface area contributed by atoms with E-state index in [-0.39, 0.29) is 0 Å². The molecule has 5 nitrogen and oxygen atoms in total. The summed E-state index contributed by atoms with van der Waals surface area (Å²) in [5.41, 5.74) is 0. The highest BCUT2D eigenvalue weighted by molar-refractivity contribution is 4.98. The van der Waals surface area contributed by atoms with Crippen LogP contribution in [0.5, 0.6) is 12.0 Å². The first-order valence-electron chi connectivity index (χ1n) is 3.09. The summed E-state index contributed by atoms with van der Waals surface area (Å²) >= 11 is 0. The van der Waals surface area contributed by atoms with Gasteiger partial charge in [-0.2, -0.15) is 27.5 Å². The van der Waals surface area contributed by atoms with E-state index >= 15 is 0 Å². The Labute approximate surface area is 74.7 Å². The van der Waals surface area contributed by atoms with Gasteiger partial charge in [-0.25, -0.2) is 0 Å². The molecule has 0 unspecified atom stereocenters. The maximum atomic E-state index is 11.6. The molecule has 0 aliphatic heterocycles. The number of aromatic nitrogens is 3. The number of hydrogen-bond donors (Lipinski definition) is 0. The summed E-state index contributed by atoms with van der Waals surface area (Å²) in [7, 11) is 0. The zero-order valence-corrected chi connectivity index (χ0v) is 6.32. The van der Waals surface area contributed by atoms with Gasteiger partial charge in [0.2, 0.25) is 6.33 Å². The van der Waals surface area contributed by atoms with Crippen molar-refractivity contribution in [1.82, 2.24) is 15.0 Å². The first-order chi connectivity index (χ1) is 6.58. The van der Waals surface area contributed by atoms with Crippen LogP contribution in [0.25, 0.3) is 0 Å². The quantitative estimate of drug-likeness (QED) is 0.693. The van der Waals surface area contributed by atoms with Gasteiger partial charge in [0, 0.05) is 0 Å². The third kappa shape index (κ3) is 3.37. The SMILES string of the molecule is FC(F)Oc1n[c]nc(OC(F)F)n1. The van der Waals surface area contributed by atoms with Crippen molar-refractivity contribution in [1.29, 1.82) is 0 Å². The van der Waals surface area contributed by atoms with Crippen LogP contribution in [0.15, 0.2) is 0 Å². The molecule has 0 aromatic carbocycles. The van der Waals surface area contributed by atoms with Crippen molar-refractivity contribution in [3.63, 3.8) is 0 Å². The van der Waals surface area contributed by atoms with Gasteiger partial charge in [0.05, 0.1) is 0 Å². The van der Waals surface area contributed by atoms with Crippen LogP contribution >= 0.6 is 0 Å². The number of nitrogens with zero attached hydrogens (tertiary/aromatic N) is 3. The minimum atomic E-state index is -3.16. The van der Waals surface area contributed by atoms with Crippen LogP contribution < -0.4 is 9.47 Å². The van der Waals surface area contributed by atoms with E-state index in [4.69, 9.17) is 0 Å². The third-order valence-electron chi connectivity index (χ3n) is 0.872. The number of rotatable bonds is 4. The fourth-order valence-corrected chi connectivity index (χ4v) is 0.507. The second-order valence-corrected chi connectivity index (χ2v) is 1.76. The van der Waals surface area contributed by atoms with Crippen molar-refractivity contribution in [2.45, 2.75) is 13.2 Å². The van der Waals surface area contributed by atoms with E-state index < -0.39 is 25.2 Å². The summed E-state index contributed by atoms with van der Waals surface area (Å²) < 4.78 is 53.7. The zero-order valence-electron chi connectivity index (χ0n) is 6.32. The van der Waals surface area contributed by atoms with Gasteiger partial charge in [0.1, 0.15) is 0 Å². The molecule has 0 aliphatic carbocycles. The van der Waals surface area contributed by atoms with Crippen molar-refractivity contribution < 1.29 is 27.0 Å². The van der Waals surface area contributed by atoms with Gasteiger partial charge in [-0.3, -0.25) is 0 Å². The smallest absolute Gasteiger partial charge is 0.389 e. The monoisotopic (exact) mass is 212 g/mol. The summed E-state index contributed by atoms with van der Waals surface area (Å²) in [6.45, 7) is -6.32. The number of ether oxygens (including phenoxy) is 2.